The predicted molar refractivity (Wildman–Crippen MR) is 56.3 cm³/mol. The molecule has 13 heavy (non-hydrogen) atoms. The Morgan fingerprint density at radius 1 is 1.31 bits per heavy atom. The van der Waals surface area contributed by atoms with Gasteiger partial charge in [0.2, 0.25) is 5.91 Å². The summed E-state index contributed by atoms with van der Waals surface area (Å²) in [6.07, 6.45) is 2.59. The molecule has 76 valence electrons. The van der Waals surface area contributed by atoms with Gasteiger partial charge in [-0.1, -0.05) is 40.7 Å². The van der Waals surface area contributed by atoms with Gasteiger partial charge in [-0.3, -0.25) is 4.79 Å². The lowest BCUT2D eigenvalue weighted by Crippen LogP contribution is -2.26. The Morgan fingerprint density at radius 3 is 1.92 bits per heavy atom. The van der Waals surface area contributed by atoms with E-state index in [4.69, 9.17) is 0 Å². The quantitative estimate of drug-likeness (QED) is 0.565. The summed E-state index contributed by atoms with van der Waals surface area (Å²) >= 11 is 0. The van der Waals surface area contributed by atoms with E-state index in [1.54, 1.807) is 4.90 Å². The van der Waals surface area contributed by atoms with Crippen molar-refractivity contribution in [3.63, 3.8) is 0 Å². The van der Waals surface area contributed by atoms with Gasteiger partial charge in [0.05, 0.1) is 0 Å². The average Bonchev–Trinajstić information content (AvgIpc) is 2.36. The van der Waals surface area contributed by atoms with Gasteiger partial charge in [-0.2, -0.15) is 0 Å². The Bertz CT molecular complexity index is 211. The molecule has 1 amide bonds. The van der Waals surface area contributed by atoms with Crippen molar-refractivity contribution in [3.8, 4) is 0 Å². The van der Waals surface area contributed by atoms with Crippen molar-refractivity contribution in [1.82, 2.24) is 4.90 Å². The molecule has 1 rings (SSSR count). The molecule has 0 saturated carbocycles. The molecule has 0 N–H and O–H groups in total. The molecule has 2 nitrogen and oxygen atoms in total. The molecule has 1 heterocycles. The van der Waals surface area contributed by atoms with E-state index in [2.05, 4.69) is 20.8 Å². The van der Waals surface area contributed by atoms with E-state index in [1.165, 1.54) is 0 Å². The third-order valence-electron chi connectivity index (χ3n) is 1.97. The zero-order chi connectivity index (χ0) is 10.6. The van der Waals surface area contributed by atoms with Gasteiger partial charge < -0.3 is 4.90 Å². The molecule has 0 bridgehead atoms. The van der Waals surface area contributed by atoms with Crippen molar-refractivity contribution in [2.45, 2.75) is 41.0 Å². The second-order valence-corrected chi connectivity index (χ2v) is 4.00. The second kappa shape index (κ2) is 4.45. The van der Waals surface area contributed by atoms with Gasteiger partial charge in [0.25, 0.3) is 0 Å². The lowest BCUT2D eigenvalue weighted by atomic mass is 9.92. The van der Waals surface area contributed by atoms with Crippen LogP contribution in [0.4, 0.5) is 0 Å². The first-order chi connectivity index (χ1) is 5.93. The average molecular weight is 183 g/mol. The van der Waals surface area contributed by atoms with Gasteiger partial charge in [-0.05, 0) is 0 Å². The van der Waals surface area contributed by atoms with Gasteiger partial charge in [-0.25, -0.2) is 0 Å². The number of amides is 1. The zero-order valence-corrected chi connectivity index (χ0v) is 9.64. The summed E-state index contributed by atoms with van der Waals surface area (Å²) in [4.78, 5) is 12.9. The van der Waals surface area contributed by atoms with Gasteiger partial charge in [0.1, 0.15) is 0 Å². The molecule has 0 aromatic heterocycles. The van der Waals surface area contributed by atoms with Crippen LogP contribution >= 0.6 is 0 Å². The predicted octanol–water partition coefficient (Wildman–Crippen LogP) is 2.80. The lowest BCUT2D eigenvalue weighted by Gasteiger charge is -2.26. The van der Waals surface area contributed by atoms with Crippen LogP contribution in [0.3, 0.4) is 0 Å². The van der Waals surface area contributed by atoms with Crippen LogP contribution < -0.4 is 0 Å². The van der Waals surface area contributed by atoms with Crippen molar-refractivity contribution in [2.24, 2.45) is 5.41 Å². The Morgan fingerprint density at radius 2 is 1.77 bits per heavy atom. The highest BCUT2D eigenvalue weighted by Gasteiger charge is 2.28. The van der Waals surface area contributed by atoms with E-state index in [1.807, 2.05) is 27.0 Å². The van der Waals surface area contributed by atoms with E-state index in [0.29, 0.717) is 6.42 Å². The molecule has 0 radical (unpaired) electrons. The van der Waals surface area contributed by atoms with Crippen LogP contribution in [-0.4, -0.2) is 17.9 Å². The van der Waals surface area contributed by atoms with Gasteiger partial charge in [0.15, 0.2) is 0 Å². The molecule has 0 unspecified atom stereocenters. The van der Waals surface area contributed by atoms with Gasteiger partial charge >= 0.3 is 0 Å². The van der Waals surface area contributed by atoms with E-state index in [-0.39, 0.29) is 11.3 Å². The Kier molecular flexibility index (Phi) is 4.18. The monoisotopic (exact) mass is 183 g/mol. The zero-order valence-electron chi connectivity index (χ0n) is 9.64. The Hall–Kier alpha value is -0.790. The smallest absolute Gasteiger partial charge is 0.230 e. The van der Waals surface area contributed by atoms with Gasteiger partial charge in [-0.15, -0.1) is 0 Å². The summed E-state index contributed by atoms with van der Waals surface area (Å²) < 4.78 is 0. The molecule has 0 atom stereocenters. The van der Waals surface area contributed by atoms with E-state index in [9.17, 15) is 4.79 Å². The number of carbonyl (C=O) groups excluding carboxylic acids is 1. The molecule has 1 aliphatic heterocycles. The minimum Gasteiger partial charge on any atom is -0.319 e. The van der Waals surface area contributed by atoms with Crippen molar-refractivity contribution < 1.29 is 4.79 Å². The van der Waals surface area contributed by atoms with Crippen LogP contribution in [0.5, 0.6) is 0 Å². The first kappa shape index (κ1) is 12.2. The van der Waals surface area contributed by atoms with Crippen LogP contribution in [0, 0.1) is 5.41 Å². The maximum Gasteiger partial charge on any atom is 0.230 e. The standard InChI is InChI=1S/C9H15NO.C2H6/c1-9(2,3)7-5-6-8(11)10(7)4;1-2/h5H,6H2,1-4H3;1-2H3. The number of allylic oxidation sites excluding steroid dienone is 1. The van der Waals surface area contributed by atoms with Crippen LogP contribution in [0.15, 0.2) is 11.8 Å². The highest BCUT2D eigenvalue weighted by Crippen LogP contribution is 2.31. The summed E-state index contributed by atoms with van der Waals surface area (Å²) in [5, 5.41) is 0. The van der Waals surface area contributed by atoms with Crippen LogP contribution in [0.1, 0.15) is 41.0 Å². The van der Waals surface area contributed by atoms with Crippen molar-refractivity contribution in [2.75, 3.05) is 7.05 Å². The highest BCUT2D eigenvalue weighted by molar-refractivity contribution is 5.82. The van der Waals surface area contributed by atoms with Crippen molar-refractivity contribution in [1.29, 1.82) is 0 Å². The number of nitrogens with zero attached hydrogens (tertiary/aromatic N) is 1. The van der Waals surface area contributed by atoms with E-state index < -0.39 is 0 Å². The molecule has 0 aromatic rings. The third-order valence-corrected chi connectivity index (χ3v) is 1.97. The molecule has 1 aliphatic rings. The van der Waals surface area contributed by atoms with Crippen molar-refractivity contribution >= 4 is 5.91 Å². The summed E-state index contributed by atoms with van der Waals surface area (Å²) in [5.74, 6) is 0.204. The fourth-order valence-electron chi connectivity index (χ4n) is 1.40. The van der Waals surface area contributed by atoms with E-state index in [0.717, 1.165) is 5.70 Å². The summed E-state index contributed by atoms with van der Waals surface area (Å²) in [7, 11) is 1.84. The third kappa shape index (κ3) is 2.87. The number of hydrogen-bond acceptors (Lipinski definition) is 1. The summed E-state index contributed by atoms with van der Waals surface area (Å²) in [6.45, 7) is 10.4. The second-order valence-electron chi connectivity index (χ2n) is 4.00. The first-order valence-electron chi connectivity index (χ1n) is 4.90. The Labute approximate surface area is 81.6 Å². The summed E-state index contributed by atoms with van der Waals surface area (Å²) in [6, 6.07) is 0. The van der Waals surface area contributed by atoms with Crippen LogP contribution in [0.25, 0.3) is 0 Å². The minimum absolute atomic E-state index is 0.0981. The minimum atomic E-state index is 0.0981. The maximum atomic E-state index is 11.1. The highest BCUT2D eigenvalue weighted by atomic mass is 16.2. The largest absolute Gasteiger partial charge is 0.319 e. The summed E-state index contributed by atoms with van der Waals surface area (Å²) in [5.41, 5.74) is 1.24. The fourth-order valence-corrected chi connectivity index (χ4v) is 1.40. The molecule has 0 aliphatic carbocycles. The number of carbonyl (C=O) groups is 1. The molecule has 2 heteroatoms. The SMILES string of the molecule is CC.CN1C(=O)CC=C1C(C)(C)C. The normalized spacial score (nSPS) is 16.6. The van der Waals surface area contributed by atoms with Crippen LogP contribution in [0.2, 0.25) is 0 Å². The molecule has 0 fully saturated rings. The van der Waals surface area contributed by atoms with Crippen LogP contribution in [-0.2, 0) is 4.79 Å². The molecule has 0 saturated heterocycles. The molecule has 0 aromatic carbocycles. The molecule has 0 spiro atoms. The fraction of sp³-hybridized carbons (Fsp3) is 0.727. The number of rotatable bonds is 0. The molecular weight excluding hydrogens is 162 g/mol. The topological polar surface area (TPSA) is 20.3 Å². The van der Waals surface area contributed by atoms with Crippen molar-refractivity contribution in [3.05, 3.63) is 11.8 Å². The van der Waals surface area contributed by atoms with E-state index >= 15 is 0 Å². The maximum absolute atomic E-state index is 11.1. The first-order valence-corrected chi connectivity index (χ1v) is 4.90. The number of hydrogen-bond donors (Lipinski definition) is 0. The van der Waals surface area contributed by atoms with Gasteiger partial charge in [0, 0.05) is 24.6 Å². The Balaban J connectivity index is 0.000000671. The molecular formula is C11H21NO. The lowest BCUT2D eigenvalue weighted by molar-refractivity contribution is -0.126.